The van der Waals surface area contributed by atoms with Gasteiger partial charge in [-0.15, -0.1) is 0 Å². The number of piperidine rings is 1. The van der Waals surface area contributed by atoms with Crippen LogP contribution in [-0.4, -0.2) is 38.3 Å². The Kier molecular flexibility index (Phi) is 9.73. The normalized spacial score (nSPS) is 19.1. The first-order chi connectivity index (χ1) is 13.8. The first-order valence-corrected chi connectivity index (χ1v) is 12.8. The molecule has 1 fully saturated rings. The van der Waals surface area contributed by atoms with Gasteiger partial charge in [-0.1, -0.05) is 62.4 Å². The van der Waals surface area contributed by atoms with E-state index in [4.69, 9.17) is 23.2 Å². The van der Waals surface area contributed by atoms with E-state index in [1.807, 2.05) is 0 Å². The molecule has 1 heterocycles. The predicted octanol–water partition coefficient (Wildman–Crippen LogP) is 4.87. The molecule has 29 heavy (non-hydrogen) atoms. The summed E-state index contributed by atoms with van der Waals surface area (Å²) >= 11 is 11.9. The van der Waals surface area contributed by atoms with Crippen molar-refractivity contribution >= 4 is 39.1 Å². The number of hydrogen-bond donors (Lipinski definition) is 1. The van der Waals surface area contributed by atoms with Crippen LogP contribution in [0.25, 0.3) is 0 Å². The van der Waals surface area contributed by atoms with Gasteiger partial charge < -0.3 is 5.32 Å². The van der Waals surface area contributed by atoms with Gasteiger partial charge in [-0.3, -0.25) is 4.79 Å². The zero-order chi connectivity index (χ0) is 21.4. The molecular formula is C21H32Cl2N2O3S. The van der Waals surface area contributed by atoms with Crippen molar-refractivity contribution in [2.45, 2.75) is 58.1 Å². The summed E-state index contributed by atoms with van der Waals surface area (Å²) < 4.78 is 27.2. The van der Waals surface area contributed by atoms with E-state index in [-0.39, 0.29) is 24.1 Å². The topological polar surface area (TPSA) is 66.5 Å². The quantitative estimate of drug-likeness (QED) is 0.539. The highest BCUT2D eigenvalue weighted by molar-refractivity contribution is 7.88. The molecule has 0 spiro atoms. The number of carbonyl (C=O) groups excluding carboxylic acids is 1. The summed E-state index contributed by atoms with van der Waals surface area (Å²) in [6.45, 7) is 5.66. The Bertz CT molecular complexity index is 786. The molecule has 164 valence electrons. The van der Waals surface area contributed by atoms with E-state index in [1.54, 1.807) is 18.2 Å². The van der Waals surface area contributed by atoms with Crippen LogP contribution in [0.3, 0.4) is 0 Å². The zero-order valence-electron chi connectivity index (χ0n) is 17.3. The second-order valence-electron chi connectivity index (χ2n) is 7.86. The van der Waals surface area contributed by atoms with E-state index >= 15 is 0 Å². The third-order valence-corrected chi connectivity index (χ3v) is 8.15. The van der Waals surface area contributed by atoms with Crippen LogP contribution in [0.2, 0.25) is 10.0 Å². The molecule has 0 aromatic heterocycles. The molecule has 5 nitrogen and oxygen atoms in total. The largest absolute Gasteiger partial charge is 0.356 e. The van der Waals surface area contributed by atoms with Gasteiger partial charge in [-0.25, -0.2) is 12.7 Å². The molecule has 1 N–H and O–H groups in total. The average Bonchev–Trinajstić information content (AvgIpc) is 2.70. The van der Waals surface area contributed by atoms with E-state index in [0.29, 0.717) is 41.0 Å². The molecule has 2 atom stereocenters. The monoisotopic (exact) mass is 462 g/mol. The first-order valence-electron chi connectivity index (χ1n) is 10.5. The maximum absolute atomic E-state index is 12.9. The maximum atomic E-state index is 12.9. The minimum absolute atomic E-state index is 0.0330. The minimum atomic E-state index is -3.53. The summed E-state index contributed by atoms with van der Waals surface area (Å²) in [6, 6.07) is 4.85. The van der Waals surface area contributed by atoms with E-state index in [0.717, 1.165) is 25.7 Å². The van der Waals surface area contributed by atoms with Crippen LogP contribution in [0.5, 0.6) is 0 Å². The summed E-state index contributed by atoms with van der Waals surface area (Å²) in [5, 5.41) is 3.79. The van der Waals surface area contributed by atoms with Gasteiger partial charge in [0.25, 0.3) is 0 Å². The molecule has 1 aliphatic rings. The maximum Gasteiger partial charge on any atom is 0.224 e. The van der Waals surface area contributed by atoms with Gasteiger partial charge in [0, 0.05) is 19.6 Å². The van der Waals surface area contributed by atoms with Crippen molar-refractivity contribution in [2.24, 2.45) is 11.8 Å². The van der Waals surface area contributed by atoms with Gasteiger partial charge in [-0.2, -0.15) is 0 Å². The summed E-state index contributed by atoms with van der Waals surface area (Å²) in [4.78, 5) is 12.6. The Hall–Kier alpha value is -0.820. The Labute approximate surface area is 185 Å². The molecular weight excluding hydrogens is 431 g/mol. The van der Waals surface area contributed by atoms with Crippen LogP contribution in [0.15, 0.2) is 18.2 Å². The number of unbranched alkanes of at least 4 members (excludes halogenated alkanes) is 1. The number of sulfonamides is 1. The number of nitrogens with one attached hydrogen (secondary N) is 1. The molecule has 2 rings (SSSR count). The van der Waals surface area contributed by atoms with Gasteiger partial charge in [0.1, 0.15) is 0 Å². The summed E-state index contributed by atoms with van der Waals surface area (Å²) in [7, 11) is -3.53. The Morgan fingerprint density at radius 1 is 1.28 bits per heavy atom. The van der Waals surface area contributed by atoms with Crippen molar-refractivity contribution in [3.05, 3.63) is 33.8 Å². The molecule has 8 heteroatoms. The van der Waals surface area contributed by atoms with Crippen molar-refractivity contribution in [1.29, 1.82) is 0 Å². The second-order valence-corrected chi connectivity index (χ2v) is 10.6. The molecule has 1 saturated heterocycles. The van der Waals surface area contributed by atoms with Crippen LogP contribution in [0.4, 0.5) is 0 Å². The third kappa shape index (κ3) is 7.42. The number of carbonyl (C=O) groups is 1. The molecule has 0 aliphatic carbocycles. The van der Waals surface area contributed by atoms with Crippen molar-refractivity contribution in [2.75, 3.05) is 19.6 Å². The summed E-state index contributed by atoms with van der Waals surface area (Å²) in [5.74, 6) is 0.00930. The lowest BCUT2D eigenvalue weighted by atomic mass is 9.96. The molecule has 2 unspecified atom stereocenters. The molecule has 0 saturated carbocycles. The van der Waals surface area contributed by atoms with Crippen molar-refractivity contribution < 1.29 is 13.2 Å². The van der Waals surface area contributed by atoms with Crippen molar-refractivity contribution in [1.82, 2.24) is 9.62 Å². The van der Waals surface area contributed by atoms with E-state index in [9.17, 15) is 13.2 Å². The SMILES string of the molecule is CCCCC(CC)CNC(=O)C1CCCN(S(=O)(=O)Cc2ccc(Cl)c(Cl)c2)C1. The van der Waals surface area contributed by atoms with E-state index in [2.05, 4.69) is 19.2 Å². The number of nitrogens with zero attached hydrogens (tertiary/aromatic N) is 1. The molecule has 0 radical (unpaired) electrons. The summed E-state index contributed by atoms with van der Waals surface area (Å²) in [5.41, 5.74) is 0.590. The molecule has 1 aliphatic heterocycles. The Morgan fingerprint density at radius 3 is 2.69 bits per heavy atom. The number of benzene rings is 1. The number of amides is 1. The van der Waals surface area contributed by atoms with Gasteiger partial charge in [0.15, 0.2) is 0 Å². The minimum Gasteiger partial charge on any atom is -0.356 e. The van der Waals surface area contributed by atoms with Crippen LogP contribution in [0.1, 0.15) is 57.9 Å². The van der Waals surface area contributed by atoms with E-state index in [1.165, 1.54) is 10.7 Å². The van der Waals surface area contributed by atoms with Gasteiger partial charge >= 0.3 is 0 Å². The lowest BCUT2D eigenvalue weighted by Gasteiger charge is -2.31. The van der Waals surface area contributed by atoms with E-state index < -0.39 is 10.0 Å². The summed E-state index contributed by atoms with van der Waals surface area (Å²) in [6.07, 6.45) is 5.87. The predicted molar refractivity (Wildman–Crippen MR) is 120 cm³/mol. The van der Waals surface area contributed by atoms with Crippen molar-refractivity contribution in [3.63, 3.8) is 0 Å². The highest BCUT2D eigenvalue weighted by atomic mass is 35.5. The third-order valence-electron chi connectivity index (χ3n) is 5.59. The highest BCUT2D eigenvalue weighted by Gasteiger charge is 2.32. The highest BCUT2D eigenvalue weighted by Crippen LogP contribution is 2.26. The lowest BCUT2D eigenvalue weighted by Crippen LogP contribution is -2.46. The molecule has 0 bridgehead atoms. The Balaban J connectivity index is 1.94. The average molecular weight is 463 g/mol. The van der Waals surface area contributed by atoms with Crippen molar-refractivity contribution in [3.8, 4) is 0 Å². The molecule has 1 aromatic rings. The van der Waals surface area contributed by atoms with Crippen LogP contribution in [0, 0.1) is 11.8 Å². The fourth-order valence-electron chi connectivity index (χ4n) is 3.67. The fraction of sp³-hybridized carbons (Fsp3) is 0.667. The Morgan fingerprint density at radius 2 is 2.03 bits per heavy atom. The number of rotatable bonds is 10. The van der Waals surface area contributed by atoms with Gasteiger partial charge in [-0.05, 0) is 42.9 Å². The number of halogens is 2. The first kappa shape index (κ1) is 24.4. The fourth-order valence-corrected chi connectivity index (χ4v) is 5.59. The van der Waals surface area contributed by atoms with Gasteiger partial charge in [0.05, 0.1) is 21.7 Å². The second kappa shape index (κ2) is 11.5. The number of hydrogen-bond acceptors (Lipinski definition) is 3. The van der Waals surface area contributed by atoms with Crippen LogP contribution < -0.4 is 5.32 Å². The van der Waals surface area contributed by atoms with Crippen LogP contribution >= 0.6 is 23.2 Å². The molecule has 1 amide bonds. The van der Waals surface area contributed by atoms with Crippen LogP contribution in [-0.2, 0) is 20.6 Å². The smallest absolute Gasteiger partial charge is 0.224 e. The molecule has 1 aromatic carbocycles. The lowest BCUT2D eigenvalue weighted by molar-refractivity contribution is -0.126. The van der Waals surface area contributed by atoms with Gasteiger partial charge in [0.2, 0.25) is 15.9 Å². The standard InChI is InChI=1S/C21H32Cl2N2O3S/c1-3-5-7-16(4-2)13-24-21(26)18-8-6-11-25(14-18)29(27,28)15-17-9-10-19(22)20(23)12-17/h9-10,12,16,18H,3-8,11,13-15H2,1-2H3,(H,24,26). The zero-order valence-corrected chi connectivity index (χ0v) is 19.6.